The quantitative estimate of drug-likeness (QED) is 0.793. The van der Waals surface area contributed by atoms with Gasteiger partial charge in [-0.05, 0) is 36.6 Å². The van der Waals surface area contributed by atoms with Gasteiger partial charge in [-0.15, -0.1) is 0 Å². The van der Waals surface area contributed by atoms with Crippen molar-refractivity contribution in [3.8, 4) is 0 Å². The van der Waals surface area contributed by atoms with Crippen LogP contribution in [0.3, 0.4) is 0 Å². The Labute approximate surface area is 144 Å². The minimum atomic E-state index is -0.260. The lowest BCUT2D eigenvalue weighted by Crippen LogP contribution is -2.32. The maximum absolute atomic E-state index is 12.8. The third kappa shape index (κ3) is 2.69. The molecule has 24 heavy (non-hydrogen) atoms. The number of esters is 1. The van der Waals surface area contributed by atoms with Crippen molar-refractivity contribution < 1.29 is 14.3 Å². The molecule has 0 unspecified atom stereocenters. The lowest BCUT2D eigenvalue weighted by molar-refractivity contribution is -0.149. The van der Waals surface area contributed by atoms with Gasteiger partial charge in [-0.25, -0.2) is 0 Å². The van der Waals surface area contributed by atoms with Crippen LogP contribution in [-0.2, 0) is 14.3 Å². The molecular formula is C19H17NO3S. The second-order valence-corrected chi connectivity index (χ2v) is 7.28. The van der Waals surface area contributed by atoms with Gasteiger partial charge in [0.25, 0.3) is 5.91 Å². The fraction of sp³-hybridized carbons (Fsp3) is 0.263. The molecule has 0 saturated heterocycles. The Hall–Kier alpha value is -2.27. The van der Waals surface area contributed by atoms with Gasteiger partial charge in [0.15, 0.2) is 6.61 Å². The molecule has 0 bridgehead atoms. The normalized spacial score (nSPS) is 20.8. The highest BCUT2D eigenvalue weighted by Gasteiger charge is 2.41. The van der Waals surface area contributed by atoms with Crippen molar-refractivity contribution in [3.63, 3.8) is 0 Å². The molecule has 2 aliphatic rings. The zero-order chi connectivity index (χ0) is 16.7. The largest absolute Gasteiger partial charge is 0.455 e. The predicted octanol–water partition coefficient (Wildman–Crippen LogP) is 4.02. The summed E-state index contributed by atoms with van der Waals surface area (Å²) >= 11 is 1.64. The molecule has 4 rings (SSSR count). The minimum absolute atomic E-state index is 0.0331. The molecule has 1 heterocycles. The SMILES string of the molecule is C[C@@H]1C[C@H]1C(=O)OCC(=O)N1c2ccccc2Sc2ccccc21. The molecule has 5 heteroatoms. The fourth-order valence-electron chi connectivity index (χ4n) is 2.93. The van der Waals surface area contributed by atoms with Gasteiger partial charge in [0.1, 0.15) is 0 Å². The highest BCUT2D eigenvalue weighted by atomic mass is 32.2. The zero-order valence-corrected chi connectivity index (χ0v) is 14.1. The van der Waals surface area contributed by atoms with Crippen molar-refractivity contribution in [1.82, 2.24) is 0 Å². The summed E-state index contributed by atoms with van der Waals surface area (Å²) < 4.78 is 5.24. The van der Waals surface area contributed by atoms with Gasteiger partial charge in [0.05, 0.1) is 17.3 Å². The lowest BCUT2D eigenvalue weighted by atomic mass is 10.2. The number of fused-ring (bicyclic) bond motifs is 2. The lowest BCUT2D eigenvalue weighted by Gasteiger charge is -2.30. The van der Waals surface area contributed by atoms with Gasteiger partial charge in [-0.2, -0.15) is 0 Å². The highest BCUT2D eigenvalue weighted by molar-refractivity contribution is 7.99. The van der Waals surface area contributed by atoms with Crippen LogP contribution in [0, 0.1) is 11.8 Å². The number of hydrogen-bond donors (Lipinski definition) is 0. The van der Waals surface area contributed by atoms with Crippen LogP contribution in [0.15, 0.2) is 58.3 Å². The van der Waals surface area contributed by atoms with E-state index >= 15 is 0 Å². The topological polar surface area (TPSA) is 46.6 Å². The maximum Gasteiger partial charge on any atom is 0.309 e. The Morgan fingerprint density at radius 3 is 2.17 bits per heavy atom. The molecule has 2 aromatic carbocycles. The predicted molar refractivity (Wildman–Crippen MR) is 92.4 cm³/mol. The average molecular weight is 339 g/mol. The van der Waals surface area contributed by atoms with E-state index in [1.165, 1.54) is 0 Å². The minimum Gasteiger partial charge on any atom is -0.455 e. The number of nitrogens with zero attached hydrogens (tertiary/aromatic N) is 1. The first-order chi connectivity index (χ1) is 11.6. The number of carbonyl (C=O) groups is 2. The van der Waals surface area contributed by atoms with Crippen molar-refractivity contribution in [2.75, 3.05) is 11.5 Å². The first-order valence-corrected chi connectivity index (χ1v) is 8.82. The van der Waals surface area contributed by atoms with Gasteiger partial charge in [0.2, 0.25) is 0 Å². The molecule has 2 aromatic rings. The van der Waals surface area contributed by atoms with Crippen molar-refractivity contribution >= 4 is 35.0 Å². The summed E-state index contributed by atoms with van der Waals surface area (Å²) in [6.07, 6.45) is 0.860. The molecule has 1 saturated carbocycles. The molecule has 1 fully saturated rings. The standard InChI is InChI=1S/C19H17NO3S/c1-12-10-13(12)19(22)23-11-18(21)20-14-6-2-4-8-16(14)24-17-9-5-3-7-15(17)20/h2-9,12-13H,10-11H2,1H3/t12-,13-/m1/s1. The van der Waals surface area contributed by atoms with Crippen LogP contribution in [0.1, 0.15) is 13.3 Å². The second-order valence-electron chi connectivity index (χ2n) is 6.19. The van der Waals surface area contributed by atoms with Crippen LogP contribution >= 0.6 is 11.8 Å². The molecule has 0 radical (unpaired) electrons. The monoisotopic (exact) mass is 339 g/mol. The van der Waals surface area contributed by atoms with E-state index in [9.17, 15) is 9.59 Å². The number of hydrogen-bond acceptors (Lipinski definition) is 4. The molecule has 1 aliphatic carbocycles. The van der Waals surface area contributed by atoms with E-state index in [4.69, 9.17) is 4.74 Å². The second kappa shape index (κ2) is 5.98. The number of carbonyl (C=O) groups excluding carboxylic acids is 2. The van der Waals surface area contributed by atoms with E-state index in [2.05, 4.69) is 0 Å². The molecule has 122 valence electrons. The van der Waals surface area contributed by atoms with Crippen molar-refractivity contribution in [3.05, 3.63) is 48.5 Å². The van der Waals surface area contributed by atoms with Crippen molar-refractivity contribution in [2.45, 2.75) is 23.1 Å². The molecule has 1 amide bonds. The molecule has 2 atom stereocenters. The molecule has 0 aromatic heterocycles. The third-order valence-corrected chi connectivity index (χ3v) is 5.56. The summed E-state index contributed by atoms with van der Waals surface area (Å²) in [5.74, 6) is -0.143. The van der Waals surface area contributed by atoms with Crippen molar-refractivity contribution in [2.24, 2.45) is 11.8 Å². The molecule has 0 N–H and O–H groups in total. The zero-order valence-electron chi connectivity index (χ0n) is 13.3. The molecule has 1 aliphatic heterocycles. The van der Waals surface area contributed by atoms with Crippen LogP contribution in [0.2, 0.25) is 0 Å². The van der Waals surface area contributed by atoms with Gasteiger partial charge < -0.3 is 4.74 Å². The van der Waals surface area contributed by atoms with Crippen LogP contribution in [0.5, 0.6) is 0 Å². The van der Waals surface area contributed by atoms with Crippen LogP contribution in [0.4, 0.5) is 11.4 Å². The number of para-hydroxylation sites is 2. The van der Waals surface area contributed by atoms with E-state index in [0.717, 1.165) is 27.6 Å². The first kappa shape index (κ1) is 15.3. The number of ether oxygens (including phenoxy) is 1. The number of anilines is 2. The van der Waals surface area contributed by atoms with Gasteiger partial charge in [-0.1, -0.05) is 43.0 Å². The van der Waals surface area contributed by atoms with E-state index in [0.29, 0.717) is 5.92 Å². The Morgan fingerprint density at radius 1 is 1.08 bits per heavy atom. The Kier molecular flexibility index (Phi) is 3.81. The Bertz CT molecular complexity index is 774. The Balaban J connectivity index is 1.59. The molecule has 4 nitrogen and oxygen atoms in total. The van der Waals surface area contributed by atoms with E-state index in [1.54, 1.807) is 16.7 Å². The summed E-state index contributed by atoms with van der Waals surface area (Å²) in [6, 6.07) is 15.6. The summed E-state index contributed by atoms with van der Waals surface area (Å²) in [5.41, 5.74) is 1.67. The summed E-state index contributed by atoms with van der Waals surface area (Å²) in [6.45, 7) is 1.79. The van der Waals surface area contributed by atoms with Gasteiger partial charge >= 0.3 is 5.97 Å². The van der Waals surface area contributed by atoms with Gasteiger partial charge in [0, 0.05) is 9.79 Å². The number of amides is 1. The van der Waals surface area contributed by atoms with Crippen LogP contribution < -0.4 is 4.90 Å². The molecule has 0 spiro atoms. The first-order valence-electron chi connectivity index (χ1n) is 8.00. The summed E-state index contributed by atoms with van der Waals surface area (Å²) in [5, 5.41) is 0. The van der Waals surface area contributed by atoms with E-state index in [1.807, 2.05) is 55.5 Å². The van der Waals surface area contributed by atoms with Gasteiger partial charge in [-0.3, -0.25) is 14.5 Å². The van der Waals surface area contributed by atoms with Crippen LogP contribution in [0.25, 0.3) is 0 Å². The van der Waals surface area contributed by atoms with Crippen LogP contribution in [-0.4, -0.2) is 18.5 Å². The molecular weight excluding hydrogens is 322 g/mol. The summed E-state index contributed by atoms with van der Waals surface area (Å²) in [4.78, 5) is 28.4. The number of rotatable bonds is 3. The Morgan fingerprint density at radius 2 is 1.62 bits per heavy atom. The smallest absolute Gasteiger partial charge is 0.309 e. The average Bonchev–Trinajstić information content (AvgIpc) is 3.34. The fourth-order valence-corrected chi connectivity index (χ4v) is 3.99. The highest BCUT2D eigenvalue weighted by Crippen LogP contribution is 2.47. The van der Waals surface area contributed by atoms with Crippen molar-refractivity contribution in [1.29, 1.82) is 0 Å². The van der Waals surface area contributed by atoms with E-state index < -0.39 is 0 Å². The third-order valence-electron chi connectivity index (χ3n) is 4.43. The van der Waals surface area contributed by atoms with E-state index in [-0.39, 0.29) is 24.4 Å². The summed E-state index contributed by atoms with van der Waals surface area (Å²) in [7, 11) is 0. The number of benzene rings is 2. The maximum atomic E-state index is 12.8.